The van der Waals surface area contributed by atoms with E-state index in [9.17, 15) is 14.4 Å². The third kappa shape index (κ3) is 2.97. The molecule has 0 aromatic carbocycles. The van der Waals surface area contributed by atoms with Crippen molar-refractivity contribution in [3.63, 3.8) is 0 Å². The van der Waals surface area contributed by atoms with Gasteiger partial charge in [-0.15, -0.1) is 11.3 Å². The van der Waals surface area contributed by atoms with Crippen molar-refractivity contribution in [1.29, 1.82) is 0 Å². The van der Waals surface area contributed by atoms with Crippen LogP contribution in [0, 0.1) is 6.92 Å². The second-order valence-electron chi connectivity index (χ2n) is 7.15. The van der Waals surface area contributed by atoms with Gasteiger partial charge in [0.25, 0.3) is 11.8 Å². The summed E-state index contributed by atoms with van der Waals surface area (Å²) in [5, 5.41) is 0.723. The maximum Gasteiger partial charge on any atom is 0.257 e. The zero-order valence-electron chi connectivity index (χ0n) is 16.2. The maximum atomic E-state index is 12.9. The topological polar surface area (TPSA) is 73.8 Å². The minimum absolute atomic E-state index is 0.0355. The van der Waals surface area contributed by atoms with Crippen molar-refractivity contribution in [3.8, 4) is 0 Å². The van der Waals surface area contributed by atoms with Crippen molar-refractivity contribution in [3.05, 3.63) is 45.6 Å². The monoisotopic (exact) mass is 398 g/mol. The molecule has 3 amide bonds. The summed E-state index contributed by atoms with van der Waals surface area (Å²) in [4.78, 5) is 48.5. The van der Waals surface area contributed by atoms with Gasteiger partial charge in [0.15, 0.2) is 0 Å². The van der Waals surface area contributed by atoms with E-state index in [0.29, 0.717) is 37.2 Å². The Morgan fingerprint density at radius 2 is 2.07 bits per heavy atom. The largest absolute Gasteiger partial charge is 0.333 e. The highest BCUT2D eigenvalue weighted by Gasteiger charge is 2.36. The molecule has 4 heterocycles. The zero-order valence-corrected chi connectivity index (χ0v) is 17.0. The number of fused-ring (bicyclic) bond motifs is 3. The van der Waals surface area contributed by atoms with Gasteiger partial charge in [-0.05, 0) is 38.0 Å². The van der Waals surface area contributed by atoms with Crippen LogP contribution in [-0.4, -0.2) is 59.2 Å². The van der Waals surface area contributed by atoms with Gasteiger partial charge in [-0.1, -0.05) is 0 Å². The predicted molar refractivity (Wildman–Crippen MR) is 107 cm³/mol. The first-order valence-electron chi connectivity index (χ1n) is 9.33. The van der Waals surface area contributed by atoms with Crippen molar-refractivity contribution < 1.29 is 14.4 Å². The van der Waals surface area contributed by atoms with E-state index >= 15 is 0 Å². The van der Waals surface area contributed by atoms with Gasteiger partial charge in [-0.25, -0.2) is 0 Å². The SMILES string of the molecule is CCN1C(=O)CN(C)C(=O)c2c1sc1c2CCN(C(=O)c2ccnc(C)c2)C1. The van der Waals surface area contributed by atoms with E-state index in [1.54, 1.807) is 35.2 Å². The Bertz CT molecular complexity index is 984. The molecule has 0 radical (unpaired) electrons. The van der Waals surface area contributed by atoms with Crippen LogP contribution in [0.5, 0.6) is 0 Å². The molecule has 2 aliphatic rings. The summed E-state index contributed by atoms with van der Waals surface area (Å²) in [6.07, 6.45) is 2.26. The predicted octanol–water partition coefficient (Wildman–Crippen LogP) is 2.09. The van der Waals surface area contributed by atoms with Gasteiger partial charge >= 0.3 is 0 Å². The van der Waals surface area contributed by atoms with Crippen molar-refractivity contribution in [2.75, 3.05) is 31.6 Å². The molecule has 0 spiro atoms. The fourth-order valence-corrected chi connectivity index (χ4v) is 5.25. The Labute approximate surface area is 167 Å². The molecule has 0 fully saturated rings. The van der Waals surface area contributed by atoms with Crippen molar-refractivity contribution in [2.24, 2.45) is 0 Å². The summed E-state index contributed by atoms with van der Waals surface area (Å²) in [7, 11) is 1.66. The number of hydrogen-bond donors (Lipinski definition) is 0. The number of anilines is 1. The highest BCUT2D eigenvalue weighted by molar-refractivity contribution is 7.17. The summed E-state index contributed by atoms with van der Waals surface area (Å²) >= 11 is 1.46. The van der Waals surface area contributed by atoms with Gasteiger partial charge in [0, 0.05) is 42.5 Å². The van der Waals surface area contributed by atoms with Gasteiger partial charge in [-0.2, -0.15) is 0 Å². The lowest BCUT2D eigenvalue weighted by Crippen LogP contribution is -2.38. The summed E-state index contributed by atoms with van der Waals surface area (Å²) in [6.45, 7) is 5.39. The van der Waals surface area contributed by atoms with E-state index in [1.807, 2.05) is 13.8 Å². The lowest BCUT2D eigenvalue weighted by molar-refractivity contribution is -0.118. The summed E-state index contributed by atoms with van der Waals surface area (Å²) in [5.41, 5.74) is 3.05. The number of carbonyl (C=O) groups excluding carboxylic acids is 3. The van der Waals surface area contributed by atoms with Crippen LogP contribution in [0.2, 0.25) is 0 Å². The van der Waals surface area contributed by atoms with E-state index < -0.39 is 0 Å². The van der Waals surface area contributed by atoms with Gasteiger partial charge in [0.2, 0.25) is 5.91 Å². The molecule has 0 bridgehead atoms. The molecule has 0 N–H and O–H groups in total. The highest BCUT2D eigenvalue weighted by atomic mass is 32.1. The number of thiophene rings is 1. The van der Waals surface area contributed by atoms with E-state index in [0.717, 1.165) is 21.1 Å². The first kappa shape index (κ1) is 18.6. The summed E-state index contributed by atoms with van der Waals surface area (Å²) in [5.74, 6) is -0.219. The fraction of sp³-hybridized carbons (Fsp3) is 0.400. The zero-order chi connectivity index (χ0) is 20.0. The Hall–Kier alpha value is -2.74. The van der Waals surface area contributed by atoms with Crippen molar-refractivity contribution in [2.45, 2.75) is 26.8 Å². The van der Waals surface area contributed by atoms with Crippen LogP contribution in [0.25, 0.3) is 0 Å². The lowest BCUT2D eigenvalue weighted by Gasteiger charge is -2.27. The molecule has 2 aliphatic heterocycles. The van der Waals surface area contributed by atoms with Gasteiger partial charge in [-0.3, -0.25) is 19.4 Å². The van der Waals surface area contributed by atoms with E-state index in [4.69, 9.17) is 0 Å². The first-order valence-corrected chi connectivity index (χ1v) is 10.1. The Balaban J connectivity index is 1.69. The van der Waals surface area contributed by atoms with E-state index in [-0.39, 0.29) is 24.3 Å². The number of aryl methyl sites for hydroxylation is 1. The molecule has 4 rings (SSSR count). The minimum Gasteiger partial charge on any atom is -0.333 e. The van der Waals surface area contributed by atoms with Crippen LogP contribution in [0.4, 0.5) is 5.00 Å². The van der Waals surface area contributed by atoms with Crippen LogP contribution in [-0.2, 0) is 17.8 Å². The van der Waals surface area contributed by atoms with Gasteiger partial charge < -0.3 is 14.7 Å². The number of nitrogens with zero attached hydrogens (tertiary/aromatic N) is 4. The second-order valence-corrected chi connectivity index (χ2v) is 8.23. The molecule has 0 unspecified atom stereocenters. The average Bonchev–Trinajstić information content (AvgIpc) is 3.01. The highest BCUT2D eigenvalue weighted by Crippen LogP contribution is 2.41. The molecule has 0 aliphatic carbocycles. The summed E-state index contributed by atoms with van der Waals surface area (Å²) in [6, 6.07) is 3.52. The molecule has 7 nitrogen and oxygen atoms in total. The number of carbonyl (C=O) groups is 3. The first-order chi connectivity index (χ1) is 13.4. The van der Waals surface area contributed by atoms with Crippen LogP contribution < -0.4 is 4.90 Å². The fourth-order valence-electron chi connectivity index (χ4n) is 3.82. The molecule has 8 heteroatoms. The molecule has 28 heavy (non-hydrogen) atoms. The number of amides is 3. The minimum atomic E-state index is -0.110. The van der Waals surface area contributed by atoms with Crippen LogP contribution in [0.3, 0.4) is 0 Å². The third-order valence-corrected chi connectivity index (χ3v) is 6.50. The van der Waals surface area contributed by atoms with Crippen molar-refractivity contribution in [1.82, 2.24) is 14.8 Å². The number of rotatable bonds is 2. The number of aromatic nitrogens is 1. The van der Waals surface area contributed by atoms with Gasteiger partial charge in [0.1, 0.15) is 11.5 Å². The summed E-state index contributed by atoms with van der Waals surface area (Å²) < 4.78 is 0. The van der Waals surface area contributed by atoms with Crippen molar-refractivity contribution >= 4 is 34.1 Å². The smallest absolute Gasteiger partial charge is 0.257 e. The Morgan fingerprint density at radius 3 is 2.79 bits per heavy atom. The molecule has 146 valence electrons. The van der Waals surface area contributed by atoms with Crippen LogP contribution >= 0.6 is 11.3 Å². The molecule has 0 atom stereocenters. The second kappa shape index (κ2) is 7.01. The quantitative estimate of drug-likeness (QED) is 0.776. The maximum absolute atomic E-state index is 12.9. The molecule has 0 saturated heterocycles. The molecular formula is C20H22N4O3S. The number of pyridine rings is 1. The lowest BCUT2D eigenvalue weighted by atomic mass is 10.0. The average molecular weight is 398 g/mol. The van der Waals surface area contributed by atoms with Crippen LogP contribution in [0.15, 0.2) is 18.3 Å². The molecule has 2 aromatic heterocycles. The third-order valence-electron chi connectivity index (χ3n) is 5.26. The van der Waals surface area contributed by atoms with Crippen LogP contribution in [0.1, 0.15) is 43.8 Å². The normalized spacial score (nSPS) is 16.8. The standard InChI is InChI=1S/C20H22N4O3S/c1-4-24-16(25)11-22(3)19(27)17-14-6-8-23(10-15(14)28-20(17)24)18(26)13-5-7-21-12(2)9-13/h5,7,9H,4,6,8,10-11H2,1-3H3. The number of hydrogen-bond acceptors (Lipinski definition) is 5. The Kier molecular flexibility index (Phi) is 4.66. The molecular weight excluding hydrogens is 376 g/mol. The van der Waals surface area contributed by atoms with E-state index in [2.05, 4.69) is 4.98 Å². The van der Waals surface area contributed by atoms with Gasteiger partial charge in [0.05, 0.1) is 12.1 Å². The Morgan fingerprint density at radius 1 is 1.29 bits per heavy atom. The van der Waals surface area contributed by atoms with E-state index in [1.165, 1.54) is 16.2 Å². The molecule has 0 saturated carbocycles. The molecule has 2 aromatic rings. The number of likely N-dealkylation sites (N-methyl/N-ethyl adjacent to an activating group) is 2.